The molecule has 0 N–H and O–H groups in total. The lowest BCUT2D eigenvalue weighted by Crippen LogP contribution is -2.03. The highest BCUT2D eigenvalue weighted by molar-refractivity contribution is 5.92. The number of benzene rings is 1. The molecule has 14 heavy (non-hydrogen) atoms. The topological polar surface area (TPSA) is 44.8 Å². The lowest BCUT2D eigenvalue weighted by atomic mass is 10.1. The quantitative estimate of drug-likeness (QED) is 0.635. The first-order chi connectivity index (χ1) is 6.74. The normalized spacial score (nSPS) is 12.7. The van der Waals surface area contributed by atoms with Crippen LogP contribution in [0.2, 0.25) is 0 Å². The molecule has 0 atom stereocenters. The van der Waals surface area contributed by atoms with Crippen LogP contribution in [0.25, 0.3) is 0 Å². The largest absolute Gasteiger partial charge is 0.465 e. The molecule has 0 fully saturated rings. The molecule has 4 nitrogen and oxygen atoms in total. The molecule has 0 aromatic heterocycles. The highest BCUT2D eigenvalue weighted by Crippen LogP contribution is 2.36. The van der Waals surface area contributed by atoms with Crippen LogP contribution in [0.4, 0.5) is 0 Å². The van der Waals surface area contributed by atoms with Gasteiger partial charge in [0.25, 0.3) is 0 Å². The van der Waals surface area contributed by atoms with Gasteiger partial charge in [0.1, 0.15) is 0 Å². The van der Waals surface area contributed by atoms with E-state index in [1.165, 1.54) is 7.11 Å². The Labute approximate surface area is 81.4 Å². The maximum atomic E-state index is 11.3. The van der Waals surface area contributed by atoms with Gasteiger partial charge in [0.15, 0.2) is 11.5 Å². The third kappa shape index (κ3) is 1.19. The van der Waals surface area contributed by atoms with E-state index in [4.69, 9.17) is 9.47 Å². The standard InChI is InChI=1S/C10H10O4/c1-6-7(10(11)12-2)3-4-8-9(6)14-5-13-8/h3-4H,5H2,1-2H3. The number of fused-ring (bicyclic) bond motifs is 1. The predicted molar refractivity (Wildman–Crippen MR) is 48.6 cm³/mol. The van der Waals surface area contributed by atoms with E-state index in [9.17, 15) is 4.79 Å². The smallest absolute Gasteiger partial charge is 0.338 e. The average molecular weight is 194 g/mol. The molecule has 1 aliphatic heterocycles. The Morgan fingerprint density at radius 1 is 1.43 bits per heavy atom. The van der Waals surface area contributed by atoms with E-state index in [0.29, 0.717) is 17.1 Å². The van der Waals surface area contributed by atoms with Gasteiger partial charge in [0.05, 0.1) is 12.7 Å². The molecule has 0 amide bonds. The van der Waals surface area contributed by atoms with E-state index in [0.717, 1.165) is 5.56 Å². The molecule has 0 radical (unpaired) electrons. The summed E-state index contributed by atoms with van der Waals surface area (Å²) in [6.07, 6.45) is 0. The molecule has 0 saturated heterocycles. The zero-order valence-electron chi connectivity index (χ0n) is 7.99. The minimum atomic E-state index is -0.360. The average Bonchev–Trinajstić information content (AvgIpc) is 2.66. The summed E-state index contributed by atoms with van der Waals surface area (Å²) in [5, 5.41) is 0. The van der Waals surface area contributed by atoms with Gasteiger partial charge in [-0.3, -0.25) is 0 Å². The predicted octanol–water partition coefficient (Wildman–Crippen LogP) is 1.51. The minimum Gasteiger partial charge on any atom is -0.465 e. The molecule has 1 aromatic carbocycles. The monoisotopic (exact) mass is 194 g/mol. The number of carbonyl (C=O) groups excluding carboxylic acids is 1. The van der Waals surface area contributed by atoms with E-state index >= 15 is 0 Å². The summed E-state index contributed by atoms with van der Waals surface area (Å²) in [6, 6.07) is 3.39. The SMILES string of the molecule is COC(=O)c1ccc2c(c1C)OCO2. The fourth-order valence-corrected chi connectivity index (χ4v) is 1.44. The minimum absolute atomic E-state index is 0.209. The van der Waals surface area contributed by atoms with E-state index < -0.39 is 0 Å². The molecule has 4 heteroatoms. The van der Waals surface area contributed by atoms with Gasteiger partial charge in [-0.25, -0.2) is 4.79 Å². The Bertz CT molecular complexity index is 384. The Kier molecular flexibility index (Phi) is 2.04. The second-order valence-corrected chi connectivity index (χ2v) is 2.96. The molecular formula is C10H10O4. The number of hydrogen-bond acceptors (Lipinski definition) is 4. The van der Waals surface area contributed by atoms with Crippen molar-refractivity contribution in [2.24, 2.45) is 0 Å². The molecule has 2 rings (SSSR count). The lowest BCUT2D eigenvalue weighted by Gasteiger charge is -2.05. The van der Waals surface area contributed by atoms with Crippen LogP contribution in [0, 0.1) is 6.92 Å². The van der Waals surface area contributed by atoms with Gasteiger partial charge >= 0.3 is 5.97 Å². The van der Waals surface area contributed by atoms with Gasteiger partial charge in [0, 0.05) is 5.56 Å². The van der Waals surface area contributed by atoms with Crippen LogP contribution in [0.5, 0.6) is 11.5 Å². The number of rotatable bonds is 1. The Balaban J connectivity index is 2.50. The van der Waals surface area contributed by atoms with Gasteiger partial charge < -0.3 is 14.2 Å². The van der Waals surface area contributed by atoms with Crippen molar-refractivity contribution >= 4 is 5.97 Å². The Hall–Kier alpha value is -1.71. The van der Waals surface area contributed by atoms with Crippen molar-refractivity contribution in [3.63, 3.8) is 0 Å². The summed E-state index contributed by atoms with van der Waals surface area (Å²) >= 11 is 0. The van der Waals surface area contributed by atoms with Crippen molar-refractivity contribution in [3.8, 4) is 11.5 Å². The molecule has 74 valence electrons. The zero-order chi connectivity index (χ0) is 10.1. The third-order valence-electron chi connectivity index (χ3n) is 2.19. The van der Waals surface area contributed by atoms with E-state index in [1.54, 1.807) is 19.1 Å². The second-order valence-electron chi connectivity index (χ2n) is 2.96. The molecule has 0 saturated carbocycles. The molecular weight excluding hydrogens is 184 g/mol. The summed E-state index contributed by atoms with van der Waals surface area (Å²) in [4.78, 5) is 11.3. The summed E-state index contributed by atoms with van der Waals surface area (Å²) < 4.78 is 15.0. The van der Waals surface area contributed by atoms with Crippen molar-refractivity contribution in [3.05, 3.63) is 23.3 Å². The van der Waals surface area contributed by atoms with Gasteiger partial charge in [0.2, 0.25) is 6.79 Å². The van der Waals surface area contributed by atoms with Crippen LogP contribution in [0.1, 0.15) is 15.9 Å². The first-order valence-corrected chi connectivity index (χ1v) is 4.21. The molecule has 0 spiro atoms. The summed E-state index contributed by atoms with van der Waals surface area (Å²) in [6.45, 7) is 2.01. The van der Waals surface area contributed by atoms with Crippen LogP contribution < -0.4 is 9.47 Å². The van der Waals surface area contributed by atoms with E-state index in [1.807, 2.05) is 0 Å². The zero-order valence-corrected chi connectivity index (χ0v) is 7.99. The van der Waals surface area contributed by atoms with Crippen molar-refractivity contribution in [2.75, 3.05) is 13.9 Å². The number of methoxy groups -OCH3 is 1. The van der Waals surface area contributed by atoms with Gasteiger partial charge in [-0.1, -0.05) is 0 Å². The number of carbonyl (C=O) groups is 1. The first kappa shape index (κ1) is 8.87. The molecule has 0 bridgehead atoms. The first-order valence-electron chi connectivity index (χ1n) is 4.21. The maximum absolute atomic E-state index is 11.3. The lowest BCUT2D eigenvalue weighted by molar-refractivity contribution is 0.0599. The Morgan fingerprint density at radius 2 is 2.21 bits per heavy atom. The molecule has 0 unspecified atom stereocenters. The Morgan fingerprint density at radius 3 is 2.93 bits per heavy atom. The highest BCUT2D eigenvalue weighted by Gasteiger charge is 2.21. The fourth-order valence-electron chi connectivity index (χ4n) is 1.44. The van der Waals surface area contributed by atoms with Crippen molar-refractivity contribution in [2.45, 2.75) is 6.92 Å². The van der Waals surface area contributed by atoms with Crippen LogP contribution in [0.15, 0.2) is 12.1 Å². The number of ether oxygens (including phenoxy) is 3. The van der Waals surface area contributed by atoms with Gasteiger partial charge in [-0.15, -0.1) is 0 Å². The summed E-state index contributed by atoms with van der Waals surface area (Å²) in [5.41, 5.74) is 1.27. The summed E-state index contributed by atoms with van der Waals surface area (Å²) in [7, 11) is 1.35. The van der Waals surface area contributed by atoms with E-state index in [2.05, 4.69) is 4.74 Å². The van der Waals surface area contributed by atoms with Crippen LogP contribution in [-0.2, 0) is 4.74 Å². The number of hydrogen-bond donors (Lipinski definition) is 0. The maximum Gasteiger partial charge on any atom is 0.338 e. The van der Waals surface area contributed by atoms with Crippen molar-refractivity contribution in [1.29, 1.82) is 0 Å². The van der Waals surface area contributed by atoms with Crippen LogP contribution >= 0.6 is 0 Å². The second kappa shape index (κ2) is 3.21. The van der Waals surface area contributed by atoms with Crippen LogP contribution in [0.3, 0.4) is 0 Å². The van der Waals surface area contributed by atoms with Gasteiger partial charge in [-0.2, -0.15) is 0 Å². The fraction of sp³-hybridized carbons (Fsp3) is 0.300. The van der Waals surface area contributed by atoms with Crippen molar-refractivity contribution < 1.29 is 19.0 Å². The summed E-state index contributed by atoms with van der Waals surface area (Å²) in [5.74, 6) is 0.948. The van der Waals surface area contributed by atoms with Gasteiger partial charge in [-0.05, 0) is 19.1 Å². The molecule has 1 aliphatic rings. The van der Waals surface area contributed by atoms with Crippen LogP contribution in [-0.4, -0.2) is 19.9 Å². The molecule has 1 heterocycles. The highest BCUT2D eigenvalue weighted by atomic mass is 16.7. The molecule has 0 aliphatic carbocycles. The molecule has 1 aromatic rings. The number of esters is 1. The third-order valence-corrected chi connectivity index (χ3v) is 2.19. The van der Waals surface area contributed by atoms with Crippen molar-refractivity contribution in [1.82, 2.24) is 0 Å². The van der Waals surface area contributed by atoms with E-state index in [-0.39, 0.29) is 12.8 Å².